The van der Waals surface area contributed by atoms with Crippen molar-refractivity contribution in [2.75, 3.05) is 6.61 Å². The predicted molar refractivity (Wildman–Crippen MR) is 125 cm³/mol. The Bertz CT molecular complexity index is 1350. The third-order valence-corrected chi connectivity index (χ3v) is 7.94. The number of carbonyl (C=O) groups is 1. The SMILES string of the molecule is O=C(O)Cc1cc(OCC2CC2)cc(S(=O)(=O)c2ccc(Sc3cccc(OC(F)(F)F)c3)cc2)c1. The van der Waals surface area contributed by atoms with Gasteiger partial charge in [-0.05, 0) is 85.0 Å². The fraction of sp³-hybridized carbons (Fsp3) is 0.240. The first kappa shape index (κ1) is 25.9. The van der Waals surface area contributed by atoms with E-state index in [4.69, 9.17) is 9.84 Å². The largest absolute Gasteiger partial charge is 0.573 e. The van der Waals surface area contributed by atoms with E-state index in [2.05, 4.69) is 4.74 Å². The molecule has 1 aliphatic carbocycles. The number of hydrogen-bond donors (Lipinski definition) is 1. The Morgan fingerprint density at radius 3 is 2.31 bits per heavy atom. The fourth-order valence-electron chi connectivity index (χ4n) is 3.34. The molecular formula is C25H21F3O6S2. The van der Waals surface area contributed by atoms with Crippen LogP contribution in [-0.4, -0.2) is 32.5 Å². The summed E-state index contributed by atoms with van der Waals surface area (Å²) < 4.78 is 73.6. The molecule has 0 unspecified atom stereocenters. The molecule has 36 heavy (non-hydrogen) atoms. The molecule has 11 heteroatoms. The first-order valence-corrected chi connectivity index (χ1v) is 13.2. The van der Waals surface area contributed by atoms with Crippen molar-refractivity contribution in [3.05, 3.63) is 72.3 Å². The van der Waals surface area contributed by atoms with Gasteiger partial charge in [0.25, 0.3) is 0 Å². The molecule has 4 rings (SSSR count). The summed E-state index contributed by atoms with van der Waals surface area (Å²) in [5.74, 6) is -0.720. The van der Waals surface area contributed by atoms with Crippen molar-refractivity contribution in [3.8, 4) is 11.5 Å². The average molecular weight is 539 g/mol. The summed E-state index contributed by atoms with van der Waals surface area (Å²) in [5.41, 5.74) is 0.308. The van der Waals surface area contributed by atoms with Crippen molar-refractivity contribution in [1.82, 2.24) is 0 Å². The minimum Gasteiger partial charge on any atom is -0.493 e. The summed E-state index contributed by atoms with van der Waals surface area (Å²) in [6.07, 6.45) is -3.06. The first-order chi connectivity index (χ1) is 17.0. The standard InChI is InChI=1S/C25H21F3O6S2/c26-25(27,28)34-18-2-1-3-21(13-18)35-20-6-8-22(9-7-20)36(31,32)23-11-17(12-24(29)30)10-19(14-23)33-15-16-4-5-16/h1-3,6-11,13-14,16H,4-5,12,15H2,(H,29,30). The van der Waals surface area contributed by atoms with Crippen LogP contribution < -0.4 is 9.47 Å². The predicted octanol–water partition coefficient (Wildman–Crippen LogP) is 5.99. The van der Waals surface area contributed by atoms with Crippen molar-refractivity contribution in [2.24, 2.45) is 5.92 Å². The van der Waals surface area contributed by atoms with E-state index in [1.54, 1.807) is 18.2 Å². The fourth-order valence-corrected chi connectivity index (χ4v) is 5.55. The van der Waals surface area contributed by atoms with Gasteiger partial charge in [0.1, 0.15) is 11.5 Å². The Labute approximate surface area is 210 Å². The molecule has 0 bridgehead atoms. The summed E-state index contributed by atoms with van der Waals surface area (Å²) in [4.78, 5) is 12.2. The minimum atomic E-state index is -4.80. The smallest absolute Gasteiger partial charge is 0.493 e. The van der Waals surface area contributed by atoms with Gasteiger partial charge in [0, 0.05) is 9.79 Å². The lowest BCUT2D eigenvalue weighted by atomic mass is 10.1. The Hall–Kier alpha value is -3.18. The normalized spacial score (nSPS) is 13.9. The number of benzene rings is 3. The van der Waals surface area contributed by atoms with E-state index in [0.29, 0.717) is 33.6 Å². The molecule has 3 aromatic carbocycles. The van der Waals surface area contributed by atoms with Gasteiger partial charge in [-0.2, -0.15) is 0 Å². The van der Waals surface area contributed by atoms with Crippen LogP contribution in [0.25, 0.3) is 0 Å². The van der Waals surface area contributed by atoms with Crippen LogP contribution in [0.1, 0.15) is 18.4 Å². The van der Waals surface area contributed by atoms with E-state index < -0.39 is 22.2 Å². The molecule has 0 atom stereocenters. The molecule has 0 saturated heterocycles. The lowest BCUT2D eigenvalue weighted by Crippen LogP contribution is -2.17. The van der Waals surface area contributed by atoms with Gasteiger partial charge in [-0.1, -0.05) is 17.8 Å². The highest BCUT2D eigenvalue weighted by Gasteiger charge is 2.31. The number of aliphatic carboxylic acids is 1. The zero-order valence-electron chi connectivity index (χ0n) is 18.7. The Morgan fingerprint density at radius 1 is 0.944 bits per heavy atom. The highest BCUT2D eigenvalue weighted by molar-refractivity contribution is 7.99. The summed E-state index contributed by atoms with van der Waals surface area (Å²) in [6.45, 7) is 0.442. The minimum absolute atomic E-state index is 0.0124. The van der Waals surface area contributed by atoms with Crippen molar-refractivity contribution in [2.45, 2.75) is 45.2 Å². The second kappa shape index (κ2) is 10.4. The highest BCUT2D eigenvalue weighted by Crippen LogP contribution is 2.34. The van der Waals surface area contributed by atoms with Crippen LogP contribution in [0.15, 0.2) is 86.3 Å². The van der Waals surface area contributed by atoms with Gasteiger partial charge in [0.15, 0.2) is 0 Å². The van der Waals surface area contributed by atoms with E-state index in [9.17, 15) is 26.4 Å². The molecule has 1 saturated carbocycles. The third-order valence-electron chi connectivity index (χ3n) is 5.20. The average Bonchev–Trinajstić information content (AvgIpc) is 3.61. The van der Waals surface area contributed by atoms with Gasteiger partial charge in [0.05, 0.1) is 22.8 Å². The number of hydrogen-bond acceptors (Lipinski definition) is 6. The summed E-state index contributed by atoms with van der Waals surface area (Å²) in [7, 11) is -3.99. The number of sulfone groups is 1. The van der Waals surface area contributed by atoms with Gasteiger partial charge >= 0.3 is 12.3 Å². The van der Waals surface area contributed by atoms with Crippen LogP contribution in [0.5, 0.6) is 11.5 Å². The second-order valence-electron chi connectivity index (χ2n) is 8.24. The molecule has 0 spiro atoms. The molecule has 0 amide bonds. The number of halogens is 3. The molecular weight excluding hydrogens is 517 g/mol. The molecule has 1 N–H and O–H groups in total. The quantitative estimate of drug-likeness (QED) is 0.339. The molecule has 190 valence electrons. The first-order valence-electron chi connectivity index (χ1n) is 10.9. The van der Waals surface area contributed by atoms with Gasteiger partial charge in [-0.25, -0.2) is 8.42 Å². The topological polar surface area (TPSA) is 89.9 Å². The zero-order valence-corrected chi connectivity index (χ0v) is 20.3. The number of alkyl halides is 3. The second-order valence-corrected chi connectivity index (χ2v) is 11.3. The highest BCUT2D eigenvalue weighted by atomic mass is 32.2. The molecule has 1 aliphatic rings. The number of carboxylic acid groups (broad SMARTS) is 1. The monoisotopic (exact) mass is 538 g/mol. The molecule has 3 aromatic rings. The maximum atomic E-state index is 13.3. The Balaban J connectivity index is 1.54. The van der Waals surface area contributed by atoms with E-state index in [-0.39, 0.29) is 22.0 Å². The van der Waals surface area contributed by atoms with Gasteiger partial charge in [0.2, 0.25) is 9.84 Å². The van der Waals surface area contributed by atoms with E-state index in [1.165, 1.54) is 48.5 Å². The van der Waals surface area contributed by atoms with Gasteiger partial charge in [-0.15, -0.1) is 13.2 Å². The van der Waals surface area contributed by atoms with Crippen molar-refractivity contribution >= 4 is 27.6 Å². The van der Waals surface area contributed by atoms with Crippen LogP contribution in [-0.2, 0) is 21.1 Å². The molecule has 0 radical (unpaired) electrons. The Kier molecular flexibility index (Phi) is 7.51. The maximum Gasteiger partial charge on any atom is 0.573 e. The maximum absolute atomic E-state index is 13.3. The molecule has 0 aliphatic heterocycles. The van der Waals surface area contributed by atoms with Crippen molar-refractivity contribution < 1.29 is 41.0 Å². The van der Waals surface area contributed by atoms with E-state index >= 15 is 0 Å². The molecule has 0 aromatic heterocycles. The number of ether oxygens (including phenoxy) is 2. The Morgan fingerprint density at radius 2 is 1.67 bits per heavy atom. The van der Waals surface area contributed by atoms with Crippen LogP contribution >= 0.6 is 11.8 Å². The molecule has 0 heterocycles. The summed E-state index contributed by atoms with van der Waals surface area (Å²) in [5, 5.41) is 9.16. The van der Waals surface area contributed by atoms with Crippen LogP contribution in [0, 0.1) is 5.92 Å². The summed E-state index contributed by atoms with van der Waals surface area (Å²) in [6, 6.07) is 15.6. The van der Waals surface area contributed by atoms with Crippen molar-refractivity contribution in [3.63, 3.8) is 0 Å². The number of carboxylic acids is 1. The molecule has 6 nitrogen and oxygen atoms in total. The van der Waals surface area contributed by atoms with E-state index in [1.807, 2.05) is 0 Å². The number of rotatable bonds is 10. The zero-order chi connectivity index (χ0) is 25.9. The van der Waals surface area contributed by atoms with E-state index in [0.717, 1.165) is 24.6 Å². The van der Waals surface area contributed by atoms with Crippen LogP contribution in [0.2, 0.25) is 0 Å². The van der Waals surface area contributed by atoms with Gasteiger partial charge < -0.3 is 14.6 Å². The van der Waals surface area contributed by atoms with Crippen LogP contribution in [0.3, 0.4) is 0 Å². The summed E-state index contributed by atoms with van der Waals surface area (Å²) >= 11 is 1.14. The lowest BCUT2D eigenvalue weighted by molar-refractivity contribution is -0.274. The lowest BCUT2D eigenvalue weighted by Gasteiger charge is -2.12. The van der Waals surface area contributed by atoms with Crippen molar-refractivity contribution in [1.29, 1.82) is 0 Å². The third kappa shape index (κ3) is 7.17. The molecule has 1 fully saturated rings. The van der Waals surface area contributed by atoms with Gasteiger partial charge in [-0.3, -0.25) is 4.79 Å². The van der Waals surface area contributed by atoms with Crippen LogP contribution in [0.4, 0.5) is 13.2 Å².